The number of benzene rings is 1. The molecule has 1 aromatic rings. The summed E-state index contributed by atoms with van der Waals surface area (Å²) >= 11 is 0. The Hall–Kier alpha value is -1.02. The van der Waals surface area contributed by atoms with Gasteiger partial charge in [-0.25, -0.2) is 0 Å². The summed E-state index contributed by atoms with van der Waals surface area (Å²) in [5.74, 6) is 0.882. The molecule has 1 aliphatic heterocycles. The smallest absolute Gasteiger partial charge is 0.0444 e. The van der Waals surface area contributed by atoms with Gasteiger partial charge in [0.1, 0.15) is 0 Å². The molecule has 110 valence electrons. The van der Waals surface area contributed by atoms with Gasteiger partial charge < -0.3 is 10.2 Å². The van der Waals surface area contributed by atoms with Gasteiger partial charge in [-0.1, -0.05) is 38.0 Å². The Morgan fingerprint density at radius 1 is 1.20 bits per heavy atom. The van der Waals surface area contributed by atoms with Crippen LogP contribution in [0, 0.1) is 12.8 Å². The molecule has 0 radical (unpaired) electrons. The lowest BCUT2D eigenvalue weighted by molar-refractivity contribution is 0.325. The Kier molecular flexibility index (Phi) is 4.02. The highest BCUT2D eigenvalue weighted by molar-refractivity contribution is 5.61. The van der Waals surface area contributed by atoms with E-state index in [9.17, 15) is 0 Å². The summed E-state index contributed by atoms with van der Waals surface area (Å²) in [6.45, 7) is 9.17. The highest BCUT2D eigenvalue weighted by atomic mass is 15.2. The Morgan fingerprint density at radius 3 is 2.85 bits per heavy atom. The van der Waals surface area contributed by atoms with E-state index in [1.54, 1.807) is 0 Å². The number of para-hydroxylation sites is 1. The third-order valence-corrected chi connectivity index (χ3v) is 5.07. The van der Waals surface area contributed by atoms with Crippen LogP contribution < -0.4 is 10.2 Å². The minimum absolute atomic E-state index is 0.569. The van der Waals surface area contributed by atoms with Crippen LogP contribution in [0.3, 0.4) is 0 Å². The highest BCUT2D eigenvalue weighted by Crippen LogP contribution is 2.35. The van der Waals surface area contributed by atoms with Crippen molar-refractivity contribution in [1.82, 2.24) is 5.32 Å². The van der Waals surface area contributed by atoms with Gasteiger partial charge in [0.25, 0.3) is 0 Å². The number of nitrogens with zero attached hydrogens (tertiary/aromatic N) is 1. The molecule has 1 aliphatic carbocycles. The molecule has 1 heterocycles. The molecule has 0 bridgehead atoms. The van der Waals surface area contributed by atoms with E-state index in [0.29, 0.717) is 6.04 Å². The SMILES string of the molecule is Cc1cccc2c1N(C1CCCC(C)C1)CC(C)NC2. The Bertz CT molecular complexity index is 468. The molecule has 1 fully saturated rings. The van der Waals surface area contributed by atoms with Crippen molar-refractivity contribution in [1.29, 1.82) is 0 Å². The van der Waals surface area contributed by atoms with Crippen LogP contribution in [0.1, 0.15) is 50.7 Å². The van der Waals surface area contributed by atoms with Gasteiger partial charge in [-0.2, -0.15) is 0 Å². The topological polar surface area (TPSA) is 15.3 Å². The fourth-order valence-corrected chi connectivity index (χ4v) is 4.03. The van der Waals surface area contributed by atoms with Crippen molar-refractivity contribution in [2.24, 2.45) is 5.92 Å². The standard InChI is InChI=1S/C18H28N2/c1-13-6-4-9-17(10-13)20-12-15(3)19-11-16-8-5-7-14(2)18(16)20/h5,7-8,13,15,17,19H,4,6,9-12H2,1-3H3. The van der Waals surface area contributed by atoms with Crippen LogP contribution in [0.5, 0.6) is 0 Å². The molecule has 0 saturated heterocycles. The number of fused-ring (bicyclic) bond motifs is 1. The van der Waals surface area contributed by atoms with Gasteiger partial charge in [-0.3, -0.25) is 0 Å². The van der Waals surface area contributed by atoms with Crippen LogP contribution in [-0.4, -0.2) is 18.6 Å². The van der Waals surface area contributed by atoms with E-state index >= 15 is 0 Å². The molecule has 0 amide bonds. The lowest BCUT2D eigenvalue weighted by Gasteiger charge is -2.40. The number of hydrogen-bond donors (Lipinski definition) is 1. The molecule has 0 aromatic heterocycles. The van der Waals surface area contributed by atoms with Crippen LogP contribution in [-0.2, 0) is 6.54 Å². The number of anilines is 1. The summed E-state index contributed by atoms with van der Waals surface area (Å²) in [7, 11) is 0. The van der Waals surface area contributed by atoms with E-state index in [-0.39, 0.29) is 0 Å². The highest BCUT2D eigenvalue weighted by Gasteiger charge is 2.29. The molecular weight excluding hydrogens is 244 g/mol. The molecule has 1 N–H and O–H groups in total. The van der Waals surface area contributed by atoms with Crippen LogP contribution in [0.15, 0.2) is 18.2 Å². The summed E-state index contributed by atoms with van der Waals surface area (Å²) in [6.07, 6.45) is 5.54. The van der Waals surface area contributed by atoms with Crippen LogP contribution in [0.25, 0.3) is 0 Å². The van der Waals surface area contributed by atoms with Crippen LogP contribution >= 0.6 is 0 Å². The van der Waals surface area contributed by atoms with Crippen molar-refractivity contribution in [3.05, 3.63) is 29.3 Å². The van der Waals surface area contributed by atoms with Crippen molar-refractivity contribution >= 4 is 5.69 Å². The molecule has 20 heavy (non-hydrogen) atoms. The first-order valence-corrected chi connectivity index (χ1v) is 8.23. The zero-order chi connectivity index (χ0) is 14.1. The molecule has 2 aliphatic rings. The Morgan fingerprint density at radius 2 is 2.05 bits per heavy atom. The van der Waals surface area contributed by atoms with Gasteiger partial charge >= 0.3 is 0 Å². The minimum Gasteiger partial charge on any atom is -0.367 e. The van der Waals surface area contributed by atoms with Crippen molar-refractivity contribution in [3.8, 4) is 0 Å². The normalized spacial score (nSPS) is 30.8. The van der Waals surface area contributed by atoms with Gasteiger partial charge in [0.15, 0.2) is 0 Å². The van der Waals surface area contributed by atoms with E-state index < -0.39 is 0 Å². The fraction of sp³-hybridized carbons (Fsp3) is 0.667. The number of rotatable bonds is 1. The van der Waals surface area contributed by atoms with E-state index in [1.807, 2.05) is 0 Å². The largest absolute Gasteiger partial charge is 0.367 e. The van der Waals surface area contributed by atoms with Crippen molar-refractivity contribution in [3.63, 3.8) is 0 Å². The van der Waals surface area contributed by atoms with Gasteiger partial charge in [0.2, 0.25) is 0 Å². The molecular formula is C18H28N2. The van der Waals surface area contributed by atoms with Gasteiger partial charge in [-0.05, 0) is 43.7 Å². The van der Waals surface area contributed by atoms with Crippen molar-refractivity contribution in [2.45, 2.75) is 65.1 Å². The second kappa shape index (κ2) is 5.77. The van der Waals surface area contributed by atoms with E-state index in [2.05, 4.69) is 49.2 Å². The number of hydrogen-bond acceptors (Lipinski definition) is 2. The van der Waals surface area contributed by atoms with Gasteiger partial charge in [0.05, 0.1) is 0 Å². The van der Waals surface area contributed by atoms with E-state index in [1.165, 1.54) is 42.5 Å². The van der Waals surface area contributed by atoms with E-state index in [0.717, 1.165) is 25.0 Å². The van der Waals surface area contributed by atoms with Crippen molar-refractivity contribution in [2.75, 3.05) is 11.4 Å². The minimum atomic E-state index is 0.569. The first-order chi connectivity index (χ1) is 9.65. The lowest BCUT2D eigenvalue weighted by atomic mass is 9.85. The summed E-state index contributed by atoms with van der Waals surface area (Å²) in [4.78, 5) is 2.73. The number of aryl methyl sites for hydroxylation is 1. The lowest BCUT2D eigenvalue weighted by Crippen LogP contribution is -2.44. The monoisotopic (exact) mass is 272 g/mol. The average Bonchev–Trinajstić information content (AvgIpc) is 2.59. The third kappa shape index (κ3) is 2.71. The zero-order valence-corrected chi connectivity index (χ0v) is 13.2. The summed E-state index contributed by atoms with van der Waals surface area (Å²) in [5.41, 5.74) is 4.44. The fourth-order valence-electron chi connectivity index (χ4n) is 4.03. The maximum Gasteiger partial charge on any atom is 0.0444 e. The quantitative estimate of drug-likeness (QED) is 0.835. The molecule has 3 atom stereocenters. The molecule has 2 nitrogen and oxygen atoms in total. The first-order valence-electron chi connectivity index (χ1n) is 8.23. The second-order valence-corrected chi connectivity index (χ2v) is 6.94. The van der Waals surface area contributed by atoms with Crippen molar-refractivity contribution < 1.29 is 0 Å². The summed E-state index contributed by atoms with van der Waals surface area (Å²) in [5, 5.41) is 3.67. The molecule has 1 aromatic carbocycles. The second-order valence-electron chi connectivity index (χ2n) is 6.94. The summed E-state index contributed by atoms with van der Waals surface area (Å²) in [6, 6.07) is 8.08. The Labute approximate surface area is 123 Å². The first kappa shape index (κ1) is 13.9. The molecule has 1 saturated carbocycles. The zero-order valence-electron chi connectivity index (χ0n) is 13.2. The number of nitrogens with one attached hydrogen (secondary N) is 1. The maximum absolute atomic E-state index is 3.67. The molecule has 3 unspecified atom stereocenters. The average molecular weight is 272 g/mol. The maximum atomic E-state index is 3.67. The summed E-state index contributed by atoms with van der Waals surface area (Å²) < 4.78 is 0. The van der Waals surface area contributed by atoms with Crippen LogP contribution in [0.4, 0.5) is 5.69 Å². The molecule has 0 spiro atoms. The van der Waals surface area contributed by atoms with Gasteiger partial charge in [-0.15, -0.1) is 0 Å². The van der Waals surface area contributed by atoms with Gasteiger partial charge in [0, 0.05) is 30.9 Å². The Balaban J connectivity index is 1.95. The van der Waals surface area contributed by atoms with E-state index in [4.69, 9.17) is 0 Å². The predicted molar refractivity (Wildman–Crippen MR) is 86.2 cm³/mol. The molecule has 3 rings (SSSR count). The molecule has 2 heteroatoms. The van der Waals surface area contributed by atoms with Crippen LogP contribution in [0.2, 0.25) is 0 Å². The third-order valence-electron chi connectivity index (χ3n) is 5.07. The predicted octanol–water partition coefficient (Wildman–Crippen LogP) is 3.87.